The number of hydrogen-bond acceptors (Lipinski definition) is 5. The molecule has 0 saturated heterocycles. The maximum absolute atomic E-state index is 11.6. The minimum absolute atomic E-state index is 0.178. The van der Waals surface area contributed by atoms with Gasteiger partial charge in [-0.1, -0.05) is 13.3 Å². The van der Waals surface area contributed by atoms with Crippen molar-refractivity contribution in [2.75, 3.05) is 6.61 Å². The fraction of sp³-hybridized carbons (Fsp3) is 0.412. The van der Waals surface area contributed by atoms with Gasteiger partial charge in [-0.2, -0.15) is 0 Å². The molecule has 0 fully saturated rings. The average molecular weight is 304 g/mol. The smallest absolute Gasteiger partial charge is 0.344 e. The van der Waals surface area contributed by atoms with Crippen LogP contribution >= 0.6 is 0 Å². The summed E-state index contributed by atoms with van der Waals surface area (Å²) in [5, 5.41) is 0.888. The first-order valence-electron chi connectivity index (χ1n) is 7.38. The predicted molar refractivity (Wildman–Crippen MR) is 83.2 cm³/mol. The number of hydrogen-bond donors (Lipinski definition) is 0. The minimum atomic E-state index is -0.434. The second kappa shape index (κ2) is 7.11. The van der Waals surface area contributed by atoms with E-state index in [0.717, 1.165) is 23.8 Å². The van der Waals surface area contributed by atoms with E-state index in [0.29, 0.717) is 11.3 Å². The van der Waals surface area contributed by atoms with Gasteiger partial charge in [0.05, 0.1) is 6.10 Å². The van der Waals surface area contributed by atoms with E-state index < -0.39 is 5.97 Å². The van der Waals surface area contributed by atoms with Gasteiger partial charge >= 0.3 is 11.6 Å². The molecule has 0 aliphatic carbocycles. The van der Waals surface area contributed by atoms with E-state index in [1.165, 1.54) is 6.07 Å². The molecular weight excluding hydrogens is 284 g/mol. The highest BCUT2D eigenvalue weighted by Gasteiger charge is 2.09. The topological polar surface area (TPSA) is 65.7 Å². The number of carbonyl (C=O) groups is 1. The highest BCUT2D eigenvalue weighted by Crippen LogP contribution is 2.23. The Labute approximate surface area is 128 Å². The van der Waals surface area contributed by atoms with Gasteiger partial charge in [-0.05, 0) is 38.0 Å². The molecule has 0 N–H and O–H groups in total. The number of fused-ring (bicyclic) bond motifs is 1. The van der Waals surface area contributed by atoms with Gasteiger partial charge in [0.2, 0.25) is 0 Å². The molecule has 0 amide bonds. The highest BCUT2D eigenvalue weighted by molar-refractivity contribution is 5.81. The summed E-state index contributed by atoms with van der Waals surface area (Å²) in [7, 11) is 0. The molecule has 118 valence electrons. The summed E-state index contributed by atoms with van der Waals surface area (Å²) in [5.41, 5.74) is 1.04. The van der Waals surface area contributed by atoms with Gasteiger partial charge in [0.1, 0.15) is 11.3 Å². The van der Waals surface area contributed by atoms with Crippen LogP contribution in [0.3, 0.4) is 0 Å². The van der Waals surface area contributed by atoms with Crippen molar-refractivity contribution in [3.05, 3.63) is 40.2 Å². The van der Waals surface area contributed by atoms with Crippen LogP contribution in [0.1, 0.15) is 32.8 Å². The molecule has 0 radical (unpaired) electrons. The van der Waals surface area contributed by atoms with Gasteiger partial charge in [-0.25, -0.2) is 9.59 Å². The first-order valence-corrected chi connectivity index (χ1v) is 7.38. The SMILES string of the molecule is CCCc1cc(=O)oc2cc(OCC(=O)OC(C)C)ccc12. The van der Waals surface area contributed by atoms with Crippen molar-refractivity contribution in [2.45, 2.75) is 39.7 Å². The zero-order valence-electron chi connectivity index (χ0n) is 13.0. The molecule has 0 aliphatic heterocycles. The van der Waals surface area contributed by atoms with E-state index in [1.807, 2.05) is 6.07 Å². The van der Waals surface area contributed by atoms with Crippen molar-refractivity contribution in [1.29, 1.82) is 0 Å². The van der Waals surface area contributed by atoms with Crippen LogP contribution in [0.4, 0.5) is 0 Å². The lowest BCUT2D eigenvalue weighted by Crippen LogP contribution is -2.18. The largest absolute Gasteiger partial charge is 0.482 e. The van der Waals surface area contributed by atoms with Crippen molar-refractivity contribution in [3.8, 4) is 5.75 Å². The molecule has 22 heavy (non-hydrogen) atoms. The van der Waals surface area contributed by atoms with Gasteiger partial charge in [0.25, 0.3) is 0 Å². The summed E-state index contributed by atoms with van der Waals surface area (Å²) in [6.07, 6.45) is 1.57. The van der Waals surface area contributed by atoms with Gasteiger partial charge < -0.3 is 13.9 Å². The van der Waals surface area contributed by atoms with E-state index in [9.17, 15) is 9.59 Å². The molecule has 0 bridgehead atoms. The fourth-order valence-corrected chi connectivity index (χ4v) is 2.22. The number of rotatable bonds is 6. The molecule has 0 atom stereocenters. The normalized spacial score (nSPS) is 10.9. The van der Waals surface area contributed by atoms with Crippen molar-refractivity contribution >= 4 is 16.9 Å². The van der Waals surface area contributed by atoms with Crippen molar-refractivity contribution in [3.63, 3.8) is 0 Å². The van der Waals surface area contributed by atoms with E-state index in [1.54, 1.807) is 26.0 Å². The lowest BCUT2D eigenvalue weighted by molar-refractivity contribution is -0.149. The third-order valence-electron chi connectivity index (χ3n) is 3.04. The van der Waals surface area contributed by atoms with Crippen LogP contribution in [0.2, 0.25) is 0 Å². The average Bonchev–Trinajstić information content (AvgIpc) is 2.44. The molecule has 5 nitrogen and oxygen atoms in total. The Hall–Kier alpha value is -2.30. The third-order valence-corrected chi connectivity index (χ3v) is 3.04. The Morgan fingerprint density at radius 3 is 2.73 bits per heavy atom. The Morgan fingerprint density at radius 2 is 2.05 bits per heavy atom. The molecule has 0 saturated carbocycles. The molecule has 2 rings (SSSR count). The summed E-state index contributed by atoms with van der Waals surface area (Å²) >= 11 is 0. The van der Waals surface area contributed by atoms with E-state index >= 15 is 0 Å². The standard InChI is InChI=1S/C17H20O5/c1-4-5-12-8-16(18)22-15-9-13(6-7-14(12)15)20-10-17(19)21-11(2)3/h6-9,11H,4-5,10H2,1-3H3. The second-order valence-corrected chi connectivity index (χ2v) is 5.33. The summed E-state index contributed by atoms with van der Waals surface area (Å²) in [6.45, 7) is 5.43. The van der Waals surface area contributed by atoms with Crippen LogP contribution < -0.4 is 10.4 Å². The zero-order valence-corrected chi connectivity index (χ0v) is 13.0. The molecule has 1 heterocycles. The van der Waals surface area contributed by atoms with Crippen molar-refractivity contribution < 1.29 is 18.7 Å². The number of aryl methyl sites for hydroxylation is 1. The van der Waals surface area contributed by atoms with Gasteiger partial charge in [0.15, 0.2) is 6.61 Å². The predicted octanol–water partition coefficient (Wildman–Crippen LogP) is 3.08. The fourth-order valence-electron chi connectivity index (χ4n) is 2.22. The summed E-state index contributed by atoms with van der Waals surface area (Å²) in [6, 6.07) is 6.74. The van der Waals surface area contributed by atoms with E-state index in [2.05, 4.69) is 6.92 Å². The summed E-state index contributed by atoms with van der Waals surface area (Å²) in [4.78, 5) is 23.1. The highest BCUT2D eigenvalue weighted by atomic mass is 16.6. The van der Waals surface area contributed by atoms with Crippen LogP contribution in [-0.4, -0.2) is 18.7 Å². The van der Waals surface area contributed by atoms with Gasteiger partial charge in [-0.3, -0.25) is 0 Å². The number of ether oxygens (including phenoxy) is 2. The van der Waals surface area contributed by atoms with Crippen molar-refractivity contribution in [2.24, 2.45) is 0 Å². The van der Waals surface area contributed by atoms with Crippen LogP contribution in [0.15, 0.2) is 33.5 Å². The first kappa shape index (κ1) is 16.1. The molecule has 0 spiro atoms. The summed E-state index contributed by atoms with van der Waals surface area (Å²) in [5.74, 6) is 0.0290. The Morgan fingerprint density at radius 1 is 1.27 bits per heavy atom. The van der Waals surface area contributed by atoms with Crippen LogP contribution in [0.5, 0.6) is 5.75 Å². The van der Waals surface area contributed by atoms with E-state index in [4.69, 9.17) is 13.9 Å². The molecule has 2 aromatic rings. The number of carbonyl (C=O) groups excluding carboxylic acids is 1. The van der Waals surface area contributed by atoms with Crippen LogP contribution in [0.25, 0.3) is 11.0 Å². The maximum atomic E-state index is 11.6. The first-order chi connectivity index (χ1) is 10.5. The quantitative estimate of drug-likeness (QED) is 0.606. The Kier molecular flexibility index (Phi) is 5.20. The van der Waals surface area contributed by atoms with Crippen LogP contribution in [-0.2, 0) is 16.0 Å². The number of esters is 1. The van der Waals surface area contributed by atoms with Gasteiger partial charge in [-0.15, -0.1) is 0 Å². The maximum Gasteiger partial charge on any atom is 0.344 e. The lowest BCUT2D eigenvalue weighted by atomic mass is 10.1. The Bertz CT molecular complexity index is 715. The van der Waals surface area contributed by atoms with E-state index in [-0.39, 0.29) is 18.3 Å². The second-order valence-electron chi connectivity index (χ2n) is 5.33. The minimum Gasteiger partial charge on any atom is -0.482 e. The molecule has 1 aromatic heterocycles. The molecule has 0 unspecified atom stereocenters. The third kappa shape index (κ3) is 4.10. The zero-order chi connectivity index (χ0) is 16.1. The Balaban J connectivity index is 2.20. The summed E-state index contributed by atoms with van der Waals surface area (Å²) < 4.78 is 15.6. The monoisotopic (exact) mass is 304 g/mol. The molecule has 0 aliphatic rings. The molecular formula is C17H20O5. The number of benzene rings is 1. The van der Waals surface area contributed by atoms with Gasteiger partial charge in [0, 0.05) is 17.5 Å². The molecule has 5 heteroatoms. The molecule has 1 aromatic carbocycles. The van der Waals surface area contributed by atoms with Crippen LogP contribution in [0, 0.1) is 0 Å². The van der Waals surface area contributed by atoms with Crippen molar-refractivity contribution in [1.82, 2.24) is 0 Å². The lowest BCUT2D eigenvalue weighted by Gasteiger charge is -2.10.